The second-order valence-electron chi connectivity index (χ2n) is 12.1. The minimum absolute atomic E-state index is 0.00609. The Morgan fingerprint density at radius 1 is 1.16 bits per heavy atom. The standard InChI is InChI=1S/C29H32ClF4N7O2/c1-14-7-20(37-25(35)24(14)43-27(33)34)21-19(30)8-18-23(22(21)32)38-28(39-26(18)40-11-16-3-4-17(12-40)36-16)42-13-29-5-2-6-41(29)10-15(31)9-29/h7-8,15-17,27,36H,2-6,9-13H2,1H3,(H2,35,37)/t15-,16-,17+,29+/m1/s1. The van der Waals surface area contributed by atoms with Gasteiger partial charge in [0.05, 0.1) is 21.8 Å². The molecular weight excluding hydrogens is 590 g/mol. The van der Waals surface area contributed by atoms with Crippen molar-refractivity contribution in [2.24, 2.45) is 0 Å². The van der Waals surface area contributed by atoms with E-state index in [1.54, 1.807) is 6.07 Å². The molecule has 43 heavy (non-hydrogen) atoms. The molecular formula is C29H32ClF4N7O2. The van der Waals surface area contributed by atoms with Gasteiger partial charge in [0.25, 0.3) is 0 Å². The van der Waals surface area contributed by atoms with Gasteiger partial charge in [0.2, 0.25) is 0 Å². The first-order valence-corrected chi connectivity index (χ1v) is 14.9. The number of piperazine rings is 1. The third-order valence-corrected chi connectivity index (χ3v) is 9.54. The second-order valence-corrected chi connectivity index (χ2v) is 12.5. The lowest BCUT2D eigenvalue weighted by molar-refractivity contribution is -0.0499. The number of aromatic nitrogens is 3. The van der Waals surface area contributed by atoms with Gasteiger partial charge in [-0.1, -0.05) is 11.6 Å². The fraction of sp³-hybridized carbons (Fsp3) is 0.552. The van der Waals surface area contributed by atoms with Gasteiger partial charge in [0.15, 0.2) is 17.4 Å². The predicted molar refractivity (Wildman–Crippen MR) is 154 cm³/mol. The molecule has 14 heteroatoms. The average molecular weight is 622 g/mol. The zero-order valence-electron chi connectivity index (χ0n) is 23.6. The zero-order chi connectivity index (χ0) is 30.0. The van der Waals surface area contributed by atoms with E-state index in [9.17, 15) is 13.2 Å². The number of alkyl halides is 3. The first-order valence-electron chi connectivity index (χ1n) is 14.5. The number of anilines is 2. The number of fused-ring (bicyclic) bond motifs is 4. The van der Waals surface area contributed by atoms with E-state index < -0.39 is 24.1 Å². The maximum Gasteiger partial charge on any atom is 0.387 e. The summed E-state index contributed by atoms with van der Waals surface area (Å²) in [6.07, 6.45) is 3.29. The minimum atomic E-state index is -3.10. The maximum atomic E-state index is 16.5. The van der Waals surface area contributed by atoms with Crippen LogP contribution < -0.4 is 25.4 Å². The number of rotatable bonds is 7. The van der Waals surface area contributed by atoms with Crippen molar-refractivity contribution < 1.29 is 27.0 Å². The van der Waals surface area contributed by atoms with Crippen molar-refractivity contribution in [3.05, 3.63) is 28.5 Å². The Hall–Kier alpha value is -3.16. The molecule has 1 aromatic carbocycles. The van der Waals surface area contributed by atoms with Crippen molar-refractivity contribution in [3.8, 4) is 23.0 Å². The number of pyridine rings is 1. The van der Waals surface area contributed by atoms with Crippen LogP contribution in [0.25, 0.3) is 22.2 Å². The average Bonchev–Trinajstić information content (AvgIpc) is 3.59. The van der Waals surface area contributed by atoms with Gasteiger partial charge >= 0.3 is 12.6 Å². The Balaban J connectivity index is 1.32. The number of ether oxygens (including phenoxy) is 2. The first-order chi connectivity index (χ1) is 20.6. The molecule has 0 amide bonds. The quantitative estimate of drug-likeness (QED) is 0.358. The number of nitrogens with zero attached hydrogens (tertiary/aromatic N) is 5. The fourth-order valence-electron chi connectivity index (χ4n) is 7.37. The van der Waals surface area contributed by atoms with Gasteiger partial charge in [-0.25, -0.2) is 13.8 Å². The van der Waals surface area contributed by atoms with E-state index in [1.807, 2.05) is 0 Å². The van der Waals surface area contributed by atoms with Gasteiger partial charge in [-0.05, 0) is 56.8 Å². The van der Waals surface area contributed by atoms with E-state index in [1.165, 1.54) is 13.0 Å². The SMILES string of the molecule is Cc1cc(-c2c(Cl)cc3c(N4C[C@H]5CC[C@@H](C4)N5)nc(OC[C@@]45CCCN4C[C@H](F)C5)nc3c2F)nc(N)c1OC(F)F. The van der Waals surface area contributed by atoms with Gasteiger partial charge in [-0.2, -0.15) is 18.7 Å². The summed E-state index contributed by atoms with van der Waals surface area (Å²) in [7, 11) is 0. The van der Waals surface area contributed by atoms with Gasteiger partial charge in [0.1, 0.15) is 24.1 Å². The molecule has 6 heterocycles. The fourth-order valence-corrected chi connectivity index (χ4v) is 7.66. The van der Waals surface area contributed by atoms with Crippen LogP contribution in [0, 0.1) is 12.7 Å². The maximum absolute atomic E-state index is 16.5. The lowest BCUT2D eigenvalue weighted by Crippen LogP contribution is -2.51. The number of nitrogens with two attached hydrogens (primary N) is 1. The summed E-state index contributed by atoms with van der Waals surface area (Å²) in [5, 5.41) is 4.04. The molecule has 230 valence electrons. The summed E-state index contributed by atoms with van der Waals surface area (Å²) < 4.78 is 67.4. The Labute approximate surface area is 250 Å². The van der Waals surface area contributed by atoms with Crippen LogP contribution in [-0.2, 0) is 0 Å². The molecule has 3 N–H and O–H groups in total. The lowest BCUT2D eigenvalue weighted by atomic mass is 9.95. The van der Waals surface area contributed by atoms with Gasteiger partial charge < -0.3 is 25.4 Å². The predicted octanol–water partition coefficient (Wildman–Crippen LogP) is 4.87. The van der Waals surface area contributed by atoms with Crippen LogP contribution in [0.4, 0.5) is 29.2 Å². The number of halogens is 5. The lowest BCUT2D eigenvalue weighted by Gasteiger charge is -2.34. The second kappa shape index (κ2) is 10.8. The summed E-state index contributed by atoms with van der Waals surface area (Å²) in [5.74, 6) is -0.871. The highest BCUT2D eigenvalue weighted by Gasteiger charge is 2.49. The molecule has 0 spiro atoms. The van der Waals surface area contributed by atoms with Crippen LogP contribution in [-0.4, -0.2) is 83.0 Å². The molecule has 0 unspecified atom stereocenters. The summed E-state index contributed by atoms with van der Waals surface area (Å²) in [5.41, 5.74) is 5.67. The third-order valence-electron chi connectivity index (χ3n) is 9.24. The first kappa shape index (κ1) is 28.6. The van der Waals surface area contributed by atoms with E-state index in [0.717, 1.165) is 32.2 Å². The van der Waals surface area contributed by atoms with Gasteiger partial charge in [-0.3, -0.25) is 4.90 Å². The molecule has 4 atom stereocenters. The molecule has 0 saturated carbocycles. The number of benzene rings is 1. The Morgan fingerprint density at radius 2 is 1.93 bits per heavy atom. The molecule has 4 aliphatic heterocycles. The van der Waals surface area contributed by atoms with Crippen LogP contribution >= 0.6 is 11.6 Å². The van der Waals surface area contributed by atoms with Crippen LogP contribution in [0.2, 0.25) is 5.02 Å². The van der Waals surface area contributed by atoms with Crippen LogP contribution in [0.5, 0.6) is 11.8 Å². The highest BCUT2D eigenvalue weighted by molar-refractivity contribution is 6.34. The zero-order valence-corrected chi connectivity index (χ0v) is 24.3. The van der Waals surface area contributed by atoms with Crippen molar-refractivity contribution in [2.75, 3.05) is 43.4 Å². The van der Waals surface area contributed by atoms with Crippen molar-refractivity contribution in [1.29, 1.82) is 0 Å². The van der Waals surface area contributed by atoms with E-state index >= 15 is 4.39 Å². The molecule has 9 nitrogen and oxygen atoms in total. The highest BCUT2D eigenvalue weighted by atomic mass is 35.5. The summed E-state index contributed by atoms with van der Waals surface area (Å²) >= 11 is 6.68. The third kappa shape index (κ3) is 5.08. The van der Waals surface area contributed by atoms with E-state index in [4.69, 9.17) is 27.1 Å². The van der Waals surface area contributed by atoms with Crippen molar-refractivity contribution in [3.63, 3.8) is 0 Å². The minimum Gasteiger partial charge on any atom is -0.461 e. The van der Waals surface area contributed by atoms with Crippen LogP contribution in [0.3, 0.4) is 0 Å². The molecule has 2 aromatic heterocycles. The molecule has 0 aliphatic carbocycles. The van der Waals surface area contributed by atoms with Gasteiger partial charge in [-0.15, -0.1) is 0 Å². The summed E-state index contributed by atoms with van der Waals surface area (Å²) in [6.45, 7) is 1.14. The Kier molecular flexibility index (Phi) is 7.17. The topological polar surface area (TPSA) is 102 Å². The highest BCUT2D eigenvalue weighted by Crippen LogP contribution is 2.43. The summed E-state index contributed by atoms with van der Waals surface area (Å²) in [6, 6.07) is 3.54. The molecule has 4 saturated heterocycles. The molecule has 4 fully saturated rings. The smallest absolute Gasteiger partial charge is 0.387 e. The van der Waals surface area contributed by atoms with Gasteiger partial charge in [0, 0.05) is 43.5 Å². The number of hydrogen-bond donors (Lipinski definition) is 2. The van der Waals surface area contributed by atoms with Crippen LogP contribution in [0.15, 0.2) is 12.1 Å². The molecule has 0 radical (unpaired) electrons. The molecule has 4 aliphatic rings. The largest absolute Gasteiger partial charge is 0.461 e. The molecule has 7 rings (SSSR count). The van der Waals surface area contributed by atoms with Crippen molar-refractivity contribution in [1.82, 2.24) is 25.2 Å². The number of nitrogens with one attached hydrogen (secondary N) is 1. The summed E-state index contributed by atoms with van der Waals surface area (Å²) in [4.78, 5) is 17.6. The molecule has 2 bridgehead atoms. The van der Waals surface area contributed by atoms with E-state index in [-0.39, 0.29) is 63.6 Å². The number of hydrogen-bond acceptors (Lipinski definition) is 9. The van der Waals surface area contributed by atoms with Crippen molar-refractivity contribution in [2.45, 2.75) is 69.4 Å². The normalized spacial score (nSPS) is 27.0. The van der Waals surface area contributed by atoms with E-state index in [0.29, 0.717) is 37.3 Å². The molecule has 3 aromatic rings. The van der Waals surface area contributed by atoms with Crippen molar-refractivity contribution >= 4 is 34.1 Å². The Bertz CT molecular complexity index is 1550. The monoisotopic (exact) mass is 621 g/mol. The number of nitrogen functional groups attached to an aromatic ring is 1. The Morgan fingerprint density at radius 3 is 2.65 bits per heavy atom. The van der Waals surface area contributed by atoms with E-state index in [2.05, 4.69) is 29.8 Å². The van der Waals surface area contributed by atoms with Crippen LogP contribution in [0.1, 0.15) is 37.7 Å². The number of aryl methyl sites for hydroxylation is 1.